The number of para-hydroxylation sites is 1. The maximum absolute atomic E-state index is 13.4. The zero-order valence-corrected chi connectivity index (χ0v) is 8.82. The quantitative estimate of drug-likeness (QED) is 0.859. The van der Waals surface area contributed by atoms with E-state index in [0.717, 1.165) is 6.42 Å². The summed E-state index contributed by atoms with van der Waals surface area (Å²) in [6.45, 7) is 0. The van der Waals surface area contributed by atoms with E-state index in [9.17, 15) is 9.50 Å². The predicted octanol–water partition coefficient (Wildman–Crippen LogP) is 3.41. The van der Waals surface area contributed by atoms with Gasteiger partial charge in [-0.3, -0.25) is 0 Å². The molecule has 1 saturated carbocycles. The Balaban J connectivity index is 1.94. The maximum Gasteiger partial charge on any atom is 0.170 e. The molecule has 0 radical (unpaired) electrons. The highest BCUT2D eigenvalue weighted by molar-refractivity contribution is 5.78. The third kappa shape index (κ3) is 1.71. The van der Waals surface area contributed by atoms with Crippen LogP contribution in [0.25, 0.3) is 11.0 Å². The van der Waals surface area contributed by atoms with E-state index in [1.807, 2.05) is 0 Å². The monoisotopic (exact) mass is 220 g/mol. The second kappa shape index (κ2) is 3.59. The Morgan fingerprint density at radius 3 is 2.94 bits per heavy atom. The van der Waals surface area contributed by atoms with Crippen molar-refractivity contribution in [2.45, 2.75) is 25.4 Å². The fraction of sp³-hybridized carbons (Fsp3) is 0.385. The average molecular weight is 220 g/mol. The van der Waals surface area contributed by atoms with Gasteiger partial charge in [0.15, 0.2) is 11.4 Å². The summed E-state index contributed by atoms with van der Waals surface area (Å²) >= 11 is 0. The van der Waals surface area contributed by atoms with Crippen molar-refractivity contribution in [2.24, 2.45) is 5.92 Å². The Bertz CT molecular complexity index is 514. The van der Waals surface area contributed by atoms with Gasteiger partial charge < -0.3 is 9.52 Å². The number of furan rings is 1. The largest absolute Gasteiger partial charge is 0.455 e. The molecule has 0 saturated heterocycles. The van der Waals surface area contributed by atoms with Gasteiger partial charge in [-0.25, -0.2) is 4.39 Å². The highest BCUT2D eigenvalue weighted by Gasteiger charge is 2.27. The summed E-state index contributed by atoms with van der Waals surface area (Å²) in [5, 5.41) is 10.6. The van der Waals surface area contributed by atoms with Crippen molar-refractivity contribution in [2.75, 3.05) is 0 Å². The van der Waals surface area contributed by atoms with E-state index in [1.165, 1.54) is 18.9 Å². The molecule has 2 nitrogen and oxygen atoms in total. The Kier molecular flexibility index (Phi) is 2.21. The lowest BCUT2D eigenvalue weighted by Crippen LogP contribution is -1.95. The SMILES string of the molecule is OC(CC1CC1)c1cc2cccc(F)c2o1. The number of benzene rings is 1. The van der Waals surface area contributed by atoms with Crippen LogP contribution >= 0.6 is 0 Å². The Morgan fingerprint density at radius 2 is 2.25 bits per heavy atom. The van der Waals surface area contributed by atoms with Crippen LogP contribution in [0.4, 0.5) is 4.39 Å². The normalized spacial score (nSPS) is 17.9. The lowest BCUT2D eigenvalue weighted by molar-refractivity contribution is 0.136. The van der Waals surface area contributed by atoms with E-state index in [4.69, 9.17) is 4.42 Å². The lowest BCUT2D eigenvalue weighted by Gasteiger charge is -2.04. The molecule has 1 aromatic heterocycles. The molecule has 0 amide bonds. The number of aliphatic hydroxyl groups is 1. The third-order valence-electron chi connectivity index (χ3n) is 3.10. The molecular formula is C13H13FO2. The molecular weight excluding hydrogens is 207 g/mol. The molecule has 1 aliphatic carbocycles. The summed E-state index contributed by atoms with van der Waals surface area (Å²) in [6, 6.07) is 6.52. The van der Waals surface area contributed by atoms with Crippen LogP contribution in [0.1, 0.15) is 31.1 Å². The molecule has 2 aromatic rings. The van der Waals surface area contributed by atoms with E-state index in [1.54, 1.807) is 18.2 Å². The second-order valence-electron chi connectivity index (χ2n) is 4.50. The van der Waals surface area contributed by atoms with Gasteiger partial charge in [0, 0.05) is 5.39 Å². The number of halogens is 1. The zero-order chi connectivity index (χ0) is 11.1. The van der Waals surface area contributed by atoms with Gasteiger partial charge in [0.25, 0.3) is 0 Å². The first-order valence-electron chi connectivity index (χ1n) is 5.60. The summed E-state index contributed by atoms with van der Waals surface area (Å²) in [7, 11) is 0. The topological polar surface area (TPSA) is 33.4 Å². The minimum atomic E-state index is -0.598. The second-order valence-corrected chi connectivity index (χ2v) is 4.50. The summed E-state index contributed by atoms with van der Waals surface area (Å²) < 4.78 is 18.7. The van der Waals surface area contributed by atoms with Gasteiger partial charge in [0.05, 0.1) is 0 Å². The van der Waals surface area contributed by atoms with Crippen molar-refractivity contribution < 1.29 is 13.9 Å². The Labute approximate surface area is 92.7 Å². The van der Waals surface area contributed by atoms with Crippen LogP contribution < -0.4 is 0 Å². The Hall–Kier alpha value is -1.35. The minimum absolute atomic E-state index is 0.243. The smallest absolute Gasteiger partial charge is 0.170 e. The van der Waals surface area contributed by atoms with Crippen LogP contribution in [-0.2, 0) is 0 Å². The van der Waals surface area contributed by atoms with E-state index in [-0.39, 0.29) is 11.4 Å². The molecule has 1 aromatic carbocycles. The van der Waals surface area contributed by atoms with Crippen molar-refractivity contribution in [1.82, 2.24) is 0 Å². The first-order chi connectivity index (χ1) is 7.74. The fourth-order valence-electron chi connectivity index (χ4n) is 2.00. The van der Waals surface area contributed by atoms with Crippen LogP contribution in [0.3, 0.4) is 0 Å². The van der Waals surface area contributed by atoms with Crippen molar-refractivity contribution in [3.8, 4) is 0 Å². The number of aliphatic hydroxyl groups excluding tert-OH is 1. The molecule has 1 aliphatic rings. The summed E-state index contributed by atoms with van der Waals surface area (Å²) in [5.74, 6) is 0.724. The van der Waals surface area contributed by atoms with Gasteiger partial charge in [0.2, 0.25) is 0 Å². The predicted molar refractivity (Wildman–Crippen MR) is 58.5 cm³/mol. The van der Waals surface area contributed by atoms with Gasteiger partial charge in [-0.05, 0) is 24.5 Å². The van der Waals surface area contributed by atoms with Crippen molar-refractivity contribution in [3.63, 3.8) is 0 Å². The Morgan fingerprint density at radius 1 is 1.44 bits per heavy atom. The van der Waals surface area contributed by atoms with Crippen LogP contribution in [0, 0.1) is 11.7 Å². The zero-order valence-electron chi connectivity index (χ0n) is 8.82. The first-order valence-corrected chi connectivity index (χ1v) is 5.60. The lowest BCUT2D eigenvalue weighted by atomic mass is 10.1. The summed E-state index contributed by atoms with van der Waals surface area (Å²) in [4.78, 5) is 0. The van der Waals surface area contributed by atoms with Gasteiger partial charge in [0.1, 0.15) is 11.9 Å². The minimum Gasteiger partial charge on any atom is -0.455 e. The molecule has 84 valence electrons. The first kappa shape index (κ1) is 9.85. The molecule has 1 fully saturated rings. The molecule has 1 unspecified atom stereocenters. The van der Waals surface area contributed by atoms with E-state index >= 15 is 0 Å². The molecule has 0 bridgehead atoms. The van der Waals surface area contributed by atoms with Crippen molar-refractivity contribution in [3.05, 3.63) is 35.8 Å². The van der Waals surface area contributed by atoms with Crippen molar-refractivity contribution in [1.29, 1.82) is 0 Å². The number of hydrogen-bond donors (Lipinski definition) is 1. The molecule has 16 heavy (non-hydrogen) atoms. The number of hydrogen-bond acceptors (Lipinski definition) is 2. The van der Waals surface area contributed by atoms with Crippen LogP contribution in [0.5, 0.6) is 0 Å². The molecule has 1 N–H and O–H groups in total. The molecule has 1 atom stereocenters. The van der Waals surface area contributed by atoms with Crippen molar-refractivity contribution >= 4 is 11.0 Å². The average Bonchev–Trinajstić information content (AvgIpc) is 2.95. The molecule has 0 aliphatic heterocycles. The molecule has 3 rings (SSSR count). The van der Waals surface area contributed by atoms with E-state index < -0.39 is 6.10 Å². The third-order valence-corrected chi connectivity index (χ3v) is 3.10. The number of fused-ring (bicyclic) bond motifs is 1. The molecule has 3 heteroatoms. The van der Waals surface area contributed by atoms with Crippen LogP contribution in [0.15, 0.2) is 28.7 Å². The standard InChI is InChI=1S/C13H13FO2/c14-10-3-1-2-9-7-12(16-13(9)10)11(15)6-8-4-5-8/h1-3,7-8,11,15H,4-6H2. The maximum atomic E-state index is 13.4. The highest BCUT2D eigenvalue weighted by Crippen LogP contribution is 2.38. The summed E-state index contributed by atoms with van der Waals surface area (Å²) in [5.41, 5.74) is 0.243. The van der Waals surface area contributed by atoms with Gasteiger partial charge in [-0.15, -0.1) is 0 Å². The summed E-state index contributed by atoms with van der Waals surface area (Å²) in [6.07, 6.45) is 2.50. The number of rotatable bonds is 3. The van der Waals surface area contributed by atoms with Gasteiger partial charge in [-0.2, -0.15) is 0 Å². The van der Waals surface area contributed by atoms with Gasteiger partial charge in [-0.1, -0.05) is 25.0 Å². The highest BCUT2D eigenvalue weighted by atomic mass is 19.1. The fourth-order valence-corrected chi connectivity index (χ4v) is 2.00. The van der Waals surface area contributed by atoms with E-state index in [2.05, 4.69) is 0 Å². The van der Waals surface area contributed by atoms with Crippen LogP contribution in [-0.4, -0.2) is 5.11 Å². The van der Waals surface area contributed by atoms with E-state index in [0.29, 0.717) is 17.1 Å². The molecule has 0 spiro atoms. The van der Waals surface area contributed by atoms with Gasteiger partial charge >= 0.3 is 0 Å². The van der Waals surface area contributed by atoms with Crippen LogP contribution in [0.2, 0.25) is 0 Å². The molecule has 1 heterocycles.